The predicted octanol–water partition coefficient (Wildman–Crippen LogP) is 2.23. The second kappa shape index (κ2) is 6.01. The van der Waals surface area contributed by atoms with E-state index in [0.717, 1.165) is 17.0 Å². The molecule has 1 fully saturated rings. The van der Waals surface area contributed by atoms with E-state index in [0.29, 0.717) is 37.3 Å². The van der Waals surface area contributed by atoms with Gasteiger partial charge in [0, 0.05) is 36.6 Å². The van der Waals surface area contributed by atoms with Crippen LogP contribution in [-0.4, -0.2) is 58.7 Å². The standard InChI is InChI=1S/C17H20N6O3/c1-10-9-18-14-7-12(8-15(24)22(10)14)16-11(2)23(20-19-16)13-3-5-21(6-4-13)17(25)26/h7-9,13,24H,3-6H2,1-2H3,(H,25,26). The molecule has 9 nitrogen and oxygen atoms in total. The molecule has 1 amide bonds. The Hall–Kier alpha value is -3.10. The number of aryl methyl sites for hydroxylation is 1. The number of hydrogen-bond acceptors (Lipinski definition) is 5. The largest absolute Gasteiger partial charge is 0.494 e. The van der Waals surface area contributed by atoms with Crippen LogP contribution in [0.15, 0.2) is 18.3 Å². The van der Waals surface area contributed by atoms with E-state index in [9.17, 15) is 9.90 Å². The van der Waals surface area contributed by atoms with Gasteiger partial charge in [-0.1, -0.05) is 5.21 Å². The Balaban J connectivity index is 1.65. The number of carboxylic acid groups (broad SMARTS) is 1. The summed E-state index contributed by atoms with van der Waals surface area (Å²) >= 11 is 0. The zero-order chi connectivity index (χ0) is 18.4. The SMILES string of the molecule is Cc1c(-c2cc(O)n3c(C)cnc3c2)nnn1C1CCN(C(=O)O)CC1. The van der Waals surface area contributed by atoms with Crippen LogP contribution in [0.2, 0.25) is 0 Å². The van der Waals surface area contributed by atoms with Gasteiger partial charge in [0.1, 0.15) is 11.3 Å². The van der Waals surface area contributed by atoms with Crippen molar-refractivity contribution >= 4 is 11.7 Å². The number of pyridine rings is 1. The van der Waals surface area contributed by atoms with Gasteiger partial charge < -0.3 is 15.1 Å². The lowest BCUT2D eigenvalue weighted by atomic mass is 10.0. The highest BCUT2D eigenvalue weighted by Gasteiger charge is 2.26. The van der Waals surface area contributed by atoms with Gasteiger partial charge in [0.25, 0.3) is 0 Å². The number of imidazole rings is 1. The van der Waals surface area contributed by atoms with Crippen molar-refractivity contribution in [3.63, 3.8) is 0 Å². The molecule has 3 aromatic rings. The van der Waals surface area contributed by atoms with Gasteiger partial charge in [-0.15, -0.1) is 5.10 Å². The molecule has 0 saturated carbocycles. The monoisotopic (exact) mass is 356 g/mol. The van der Waals surface area contributed by atoms with Gasteiger partial charge in [-0.25, -0.2) is 14.5 Å². The number of aromatic hydroxyl groups is 1. The maximum atomic E-state index is 11.1. The highest BCUT2D eigenvalue weighted by Crippen LogP contribution is 2.30. The molecule has 4 rings (SSSR count). The molecule has 0 spiro atoms. The van der Waals surface area contributed by atoms with Crippen molar-refractivity contribution in [2.24, 2.45) is 0 Å². The second-order valence-electron chi connectivity index (χ2n) is 6.66. The van der Waals surface area contributed by atoms with Crippen LogP contribution in [0.25, 0.3) is 16.9 Å². The molecule has 2 N–H and O–H groups in total. The molecule has 136 valence electrons. The first kappa shape index (κ1) is 16.4. The molecule has 0 aliphatic carbocycles. The summed E-state index contributed by atoms with van der Waals surface area (Å²) in [5.74, 6) is 0.108. The number of piperidine rings is 1. The molecule has 9 heteroatoms. The van der Waals surface area contributed by atoms with Crippen LogP contribution in [0.1, 0.15) is 30.3 Å². The van der Waals surface area contributed by atoms with Crippen LogP contribution in [-0.2, 0) is 0 Å². The van der Waals surface area contributed by atoms with Gasteiger partial charge in [-0.05, 0) is 32.8 Å². The summed E-state index contributed by atoms with van der Waals surface area (Å²) in [4.78, 5) is 16.8. The summed E-state index contributed by atoms with van der Waals surface area (Å²) in [6.07, 6.45) is 2.25. The van der Waals surface area contributed by atoms with E-state index in [2.05, 4.69) is 15.3 Å². The Morgan fingerprint density at radius 1 is 1.23 bits per heavy atom. The summed E-state index contributed by atoms with van der Waals surface area (Å²) in [6, 6.07) is 3.66. The highest BCUT2D eigenvalue weighted by molar-refractivity contribution is 5.68. The van der Waals surface area contributed by atoms with Gasteiger partial charge in [0.15, 0.2) is 5.88 Å². The van der Waals surface area contributed by atoms with Crippen molar-refractivity contribution in [3.05, 3.63) is 29.7 Å². The minimum absolute atomic E-state index is 0.108. The number of likely N-dealkylation sites (tertiary alicyclic amines) is 1. The van der Waals surface area contributed by atoms with E-state index in [4.69, 9.17) is 5.11 Å². The Labute approximate surface area is 149 Å². The summed E-state index contributed by atoms with van der Waals surface area (Å²) in [6.45, 7) is 4.81. The molecule has 4 heterocycles. The minimum Gasteiger partial charge on any atom is -0.494 e. The lowest BCUT2D eigenvalue weighted by Gasteiger charge is -2.30. The van der Waals surface area contributed by atoms with Gasteiger partial charge in [0.2, 0.25) is 0 Å². The predicted molar refractivity (Wildman–Crippen MR) is 93.2 cm³/mol. The molecule has 0 bridgehead atoms. The zero-order valence-electron chi connectivity index (χ0n) is 14.6. The van der Waals surface area contributed by atoms with Crippen LogP contribution in [0.4, 0.5) is 4.79 Å². The van der Waals surface area contributed by atoms with E-state index >= 15 is 0 Å². The molecular formula is C17H20N6O3. The van der Waals surface area contributed by atoms with Crippen LogP contribution < -0.4 is 0 Å². The Kier molecular flexibility index (Phi) is 3.78. The van der Waals surface area contributed by atoms with Crippen LogP contribution in [0, 0.1) is 13.8 Å². The number of amides is 1. The summed E-state index contributed by atoms with van der Waals surface area (Å²) in [5, 5.41) is 28.0. The molecule has 26 heavy (non-hydrogen) atoms. The third kappa shape index (κ3) is 2.56. The Morgan fingerprint density at radius 3 is 2.65 bits per heavy atom. The number of nitrogens with zero attached hydrogens (tertiary/aromatic N) is 6. The molecule has 3 aromatic heterocycles. The summed E-state index contributed by atoms with van der Waals surface area (Å²) < 4.78 is 3.54. The molecule has 1 aliphatic rings. The summed E-state index contributed by atoms with van der Waals surface area (Å²) in [5.41, 5.74) is 3.86. The maximum absolute atomic E-state index is 11.1. The van der Waals surface area contributed by atoms with E-state index in [1.54, 1.807) is 16.7 Å². The number of fused-ring (bicyclic) bond motifs is 1. The van der Waals surface area contributed by atoms with Crippen molar-refractivity contribution in [3.8, 4) is 17.1 Å². The maximum Gasteiger partial charge on any atom is 0.407 e. The Morgan fingerprint density at radius 2 is 1.96 bits per heavy atom. The lowest BCUT2D eigenvalue weighted by Crippen LogP contribution is -2.38. The topological polar surface area (TPSA) is 109 Å². The molecule has 0 unspecified atom stereocenters. The fourth-order valence-corrected chi connectivity index (χ4v) is 3.63. The second-order valence-corrected chi connectivity index (χ2v) is 6.66. The smallest absolute Gasteiger partial charge is 0.407 e. The molecule has 0 radical (unpaired) electrons. The van der Waals surface area contributed by atoms with Crippen molar-refractivity contribution < 1.29 is 15.0 Å². The van der Waals surface area contributed by atoms with Gasteiger partial charge >= 0.3 is 6.09 Å². The van der Waals surface area contributed by atoms with Crippen LogP contribution >= 0.6 is 0 Å². The van der Waals surface area contributed by atoms with E-state index < -0.39 is 6.09 Å². The van der Waals surface area contributed by atoms with Gasteiger partial charge in [-0.3, -0.25) is 4.40 Å². The average molecular weight is 356 g/mol. The third-order valence-corrected chi connectivity index (χ3v) is 5.05. The van der Waals surface area contributed by atoms with Crippen molar-refractivity contribution in [1.29, 1.82) is 0 Å². The summed E-state index contributed by atoms with van der Waals surface area (Å²) in [7, 11) is 0. The van der Waals surface area contributed by atoms with Gasteiger partial charge in [0.05, 0.1) is 11.7 Å². The first-order chi connectivity index (χ1) is 12.5. The molecule has 0 aromatic carbocycles. The van der Waals surface area contributed by atoms with Crippen molar-refractivity contribution in [1.82, 2.24) is 29.3 Å². The normalized spacial score (nSPS) is 15.7. The number of hydrogen-bond donors (Lipinski definition) is 2. The number of carbonyl (C=O) groups is 1. The van der Waals surface area contributed by atoms with E-state index in [1.807, 2.05) is 24.6 Å². The molecule has 1 saturated heterocycles. The van der Waals surface area contributed by atoms with Crippen molar-refractivity contribution in [2.45, 2.75) is 32.7 Å². The fraction of sp³-hybridized carbons (Fsp3) is 0.412. The Bertz CT molecular complexity index is 984. The van der Waals surface area contributed by atoms with Crippen LogP contribution in [0.3, 0.4) is 0 Å². The molecule has 0 atom stereocenters. The minimum atomic E-state index is -0.877. The molecular weight excluding hydrogens is 336 g/mol. The number of aromatic nitrogens is 5. The third-order valence-electron chi connectivity index (χ3n) is 5.05. The lowest BCUT2D eigenvalue weighted by molar-refractivity contribution is 0.123. The van der Waals surface area contributed by atoms with Crippen molar-refractivity contribution in [2.75, 3.05) is 13.1 Å². The van der Waals surface area contributed by atoms with Gasteiger partial charge in [-0.2, -0.15) is 0 Å². The van der Waals surface area contributed by atoms with E-state index in [1.165, 1.54) is 4.90 Å². The molecule has 1 aliphatic heterocycles. The fourth-order valence-electron chi connectivity index (χ4n) is 3.63. The first-order valence-electron chi connectivity index (χ1n) is 8.53. The quantitative estimate of drug-likeness (QED) is 0.729. The van der Waals surface area contributed by atoms with E-state index in [-0.39, 0.29) is 11.9 Å². The zero-order valence-corrected chi connectivity index (χ0v) is 14.6. The van der Waals surface area contributed by atoms with Crippen LogP contribution in [0.5, 0.6) is 5.88 Å². The highest BCUT2D eigenvalue weighted by atomic mass is 16.4. The average Bonchev–Trinajstić information content (AvgIpc) is 3.18. The first-order valence-corrected chi connectivity index (χ1v) is 8.53. The number of rotatable bonds is 2.